The molecule has 2 heterocycles. The number of carbonyl (C=O) groups excluding carboxylic acids is 3. The van der Waals surface area contributed by atoms with Gasteiger partial charge in [0.15, 0.2) is 6.61 Å². The summed E-state index contributed by atoms with van der Waals surface area (Å²) in [7, 11) is 0. The Kier molecular flexibility index (Phi) is 5.75. The fourth-order valence-electron chi connectivity index (χ4n) is 2.71. The van der Waals surface area contributed by atoms with E-state index < -0.39 is 30.2 Å². The third-order valence-electron chi connectivity index (χ3n) is 4.03. The van der Waals surface area contributed by atoms with Gasteiger partial charge in [-0.05, 0) is 30.3 Å². The van der Waals surface area contributed by atoms with Gasteiger partial charge in [-0.3, -0.25) is 14.4 Å². The first-order valence-electron chi connectivity index (χ1n) is 8.14. The minimum Gasteiger partial charge on any atom is -0.467 e. The summed E-state index contributed by atoms with van der Waals surface area (Å²) in [5, 5.41) is 2.46. The van der Waals surface area contributed by atoms with E-state index >= 15 is 0 Å². The number of halogens is 2. The second kappa shape index (κ2) is 8.22. The molecule has 9 heteroatoms. The molecule has 0 bridgehead atoms. The molecule has 2 aromatic rings. The Morgan fingerprint density at radius 2 is 2.19 bits per heavy atom. The van der Waals surface area contributed by atoms with Crippen molar-refractivity contribution in [2.75, 3.05) is 18.5 Å². The lowest BCUT2D eigenvalue weighted by Gasteiger charge is -2.14. The lowest BCUT2D eigenvalue weighted by molar-refractivity contribution is -0.151. The number of hydrogen-bond acceptors (Lipinski definition) is 5. The highest BCUT2D eigenvalue weighted by atomic mass is 35.5. The third kappa shape index (κ3) is 4.85. The molecular weight excluding hydrogens is 379 g/mol. The summed E-state index contributed by atoms with van der Waals surface area (Å²) in [6.45, 7) is -0.0572. The van der Waals surface area contributed by atoms with Crippen molar-refractivity contribution in [1.29, 1.82) is 0 Å². The van der Waals surface area contributed by atoms with E-state index in [9.17, 15) is 18.8 Å². The summed E-state index contributed by atoms with van der Waals surface area (Å²) in [6.07, 6.45) is 1.53. The van der Waals surface area contributed by atoms with Crippen LogP contribution in [0.4, 0.5) is 10.1 Å². The van der Waals surface area contributed by atoms with E-state index in [0.29, 0.717) is 5.76 Å². The van der Waals surface area contributed by atoms with Crippen molar-refractivity contribution >= 4 is 35.1 Å². The van der Waals surface area contributed by atoms with Crippen LogP contribution in [-0.4, -0.2) is 35.8 Å². The average Bonchev–Trinajstić information content (AvgIpc) is 3.26. The molecule has 0 unspecified atom stereocenters. The van der Waals surface area contributed by atoms with Crippen LogP contribution in [0.25, 0.3) is 0 Å². The number of amides is 2. The maximum Gasteiger partial charge on any atom is 0.311 e. The van der Waals surface area contributed by atoms with Crippen LogP contribution in [0.15, 0.2) is 41.0 Å². The van der Waals surface area contributed by atoms with Crippen molar-refractivity contribution in [2.24, 2.45) is 5.92 Å². The molecular formula is C18H16ClFN2O5. The maximum atomic E-state index is 13.0. The summed E-state index contributed by atoms with van der Waals surface area (Å²) in [6, 6.07) is 6.96. The molecule has 1 aliphatic heterocycles. The largest absolute Gasteiger partial charge is 0.467 e. The number of furan rings is 1. The Labute approximate surface area is 159 Å². The zero-order valence-corrected chi connectivity index (χ0v) is 14.9. The second-order valence-electron chi connectivity index (χ2n) is 6.03. The van der Waals surface area contributed by atoms with Gasteiger partial charge >= 0.3 is 5.97 Å². The number of rotatable bonds is 6. The average molecular weight is 395 g/mol. The third-order valence-corrected chi connectivity index (χ3v) is 4.34. The molecule has 1 aliphatic rings. The Morgan fingerprint density at radius 3 is 2.89 bits per heavy atom. The van der Waals surface area contributed by atoms with Crippen LogP contribution < -0.4 is 5.32 Å². The number of benzene rings is 1. The molecule has 142 valence electrons. The Morgan fingerprint density at radius 1 is 1.37 bits per heavy atom. The molecule has 1 fully saturated rings. The minimum absolute atomic E-state index is 0.0188. The molecule has 0 spiro atoms. The fraction of sp³-hybridized carbons (Fsp3) is 0.278. The van der Waals surface area contributed by atoms with Gasteiger partial charge in [-0.2, -0.15) is 0 Å². The number of carbonyl (C=O) groups is 3. The molecule has 2 amide bonds. The van der Waals surface area contributed by atoms with E-state index in [2.05, 4.69) is 5.32 Å². The Balaban J connectivity index is 1.47. The highest BCUT2D eigenvalue weighted by Crippen LogP contribution is 2.23. The lowest BCUT2D eigenvalue weighted by atomic mass is 10.1. The predicted molar refractivity (Wildman–Crippen MR) is 93.2 cm³/mol. The van der Waals surface area contributed by atoms with E-state index in [4.69, 9.17) is 20.8 Å². The number of ether oxygens (including phenoxy) is 1. The molecule has 1 atom stereocenters. The van der Waals surface area contributed by atoms with E-state index in [1.807, 2.05) is 0 Å². The number of hydrogen-bond donors (Lipinski definition) is 1. The first-order chi connectivity index (χ1) is 12.9. The molecule has 1 saturated heterocycles. The van der Waals surface area contributed by atoms with Gasteiger partial charge < -0.3 is 19.4 Å². The fourth-order valence-corrected chi connectivity index (χ4v) is 2.92. The van der Waals surface area contributed by atoms with Crippen molar-refractivity contribution in [3.8, 4) is 0 Å². The van der Waals surface area contributed by atoms with Crippen molar-refractivity contribution in [3.05, 3.63) is 53.2 Å². The van der Waals surface area contributed by atoms with E-state index in [1.165, 1.54) is 17.2 Å². The highest BCUT2D eigenvalue weighted by Gasteiger charge is 2.35. The van der Waals surface area contributed by atoms with Gasteiger partial charge in [0.25, 0.3) is 5.91 Å². The van der Waals surface area contributed by atoms with Crippen LogP contribution in [-0.2, 0) is 25.7 Å². The molecule has 1 N–H and O–H groups in total. The van der Waals surface area contributed by atoms with Crippen LogP contribution >= 0.6 is 11.6 Å². The normalized spacial score (nSPS) is 16.4. The SMILES string of the molecule is O=C(COC(=O)[C@H]1CC(=O)N(Cc2ccco2)C1)Nc1ccc(F)cc1Cl. The van der Waals surface area contributed by atoms with Gasteiger partial charge in [-0.1, -0.05) is 11.6 Å². The molecule has 27 heavy (non-hydrogen) atoms. The van der Waals surface area contributed by atoms with Crippen LogP contribution in [0.1, 0.15) is 12.2 Å². The van der Waals surface area contributed by atoms with Crippen LogP contribution in [0.2, 0.25) is 5.02 Å². The molecule has 0 saturated carbocycles. The molecule has 3 rings (SSSR count). The van der Waals surface area contributed by atoms with E-state index in [-0.39, 0.29) is 36.1 Å². The van der Waals surface area contributed by atoms with Gasteiger partial charge in [-0.25, -0.2) is 4.39 Å². The van der Waals surface area contributed by atoms with Gasteiger partial charge in [0.2, 0.25) is 5.91 Å². The van der Waals surface area contributed by atoms with Crippen molar-refractivity contribution in [1.82, 2.24) is 4.90 Å². The monoisotopic (exact) mass is 394 g/mol. The Hall–Kier alpha value is -2.87. The lowest BCUT2D eigenvalue weighted by Crippen LogP contribution is -2.28. The molecule has 7 nitrogen and oxygen atoms in total. The predicted octanol–water partition coefficient (Wildman–Crippen LogP) is 2.60. The van der Waals surface area contributed by atoms with Gasteiger partial charge in [0.05, 0.1) is 29.4 Å². The van der Waals surface area contributed by atoms with Crippen molar-refractivity contribution in [3.63, 3.8) is 0 Å². The van der Waals surface area contributed by atoms with Gasteiger partial charge in [-0.15, -0.1) is 0 Å². The molecule has 1 aromatic carbocycles. The molecule has 1 aromatic heterocycles. The van der Waals surface area contributed by atoms with Crippen LogP contribution in [0.5, 0.6) is 0 Å². The number of nitrogens with one attached hydrogen (secondary N) is 1. The van der Waals surface area contributed by atoms with Crippen molar-refractivity contribution in [2.45, 2.75) is 13.0 Å². The summed E-state index contributed by atoms with van der Waals surface area (Å²) < 4.78 is 23.2. The maximum absolute atomic E-state index is 13.0. The van der Waals surface area contributed by atoms with Gasteiger partial charge in [0.1, 0.15) is 11.6 Å². The second-order valence-corrected chi connectivity index (χ2v) is 6.44. The first kappa shape index (κ1) is 18.9. The summed E-state index contributed by atoms with van der Waals surface area (Å²) in [5.74, 6) is -1.99. The smallest absolute Gasteiger partial charge is 0.311 e. The highest BCUT2D eigenvalue weighted by molar-refractivity contribution is 6.33. The van der Waals surface area contributed by atoms with Gasteiger partial charge in [0, 0.05) is 13.0 Å². The summed E-state index contributed by atoms with van der Waals surface area (Å²) >= 11 is 5.82. The van der Waals surface area contributed by atoms with E-state index in [1.54, 1.807) is 12.1 Å². The molecule has 0 aliphatic carbocycles. The zero-order valence-electron chi connectivity index (χ0n) is 14.1. The zero-order chi connectivity index (χ0) is 19.4. The number of esters is 1. The standard InChI is InChI=1S/C18H16ClFN2O5/c19-14-7-12(20)3-4-15(14)21-16(23)10-27-18(25)11-6-17(24)22(8-11)9-13-2-1-5-26-13/h1-5,7,11H,6,8-10H2,(H,21,23)/t11-/m0/s1. The van der Waals surface area contributed by atoms with Crippen LogP contribution in [0.3, 0.4) is 0 Å². The topological polar surface area (TPSA) is 88.9 Å². The quantitative estimate of drug-likeness (QED) is 0.761. The first-order valence-corrected chi connectivity index (χ1v) is 8.52. The number of anilines is 1. The number of likely N-dealkylation sites (tertiary alicyclic amines) is 1. The van der Waals surface area contributed by atoms with E-state index in [0.717, 1.165) is 12.1 Å². The summed E-state index contributed by atoms with van der Waals surface area (Å²) in [4.78, 5) is 37.5. The summed E-state index contributed by atoms with van der Waals surface area (Å²) in [5.41, 5.74) is 0.208. The van der Waals surface area contributed by atoms with Crippen LogP contribution in [0, 0.1) is 11.7 Å². The number of nitrogens with zero attached hydrogens (tertiary/aromatic N) is 1. The minimum atomic E-state index is -0.644. The Bertz CT molecular complexity index is 855. The van der Waals surface area contributed by atoms with Crippen molar-refractivity contribution < 1.29 is 27.9 Å². The molecule has 0 radical (unpaired) electrons.